The SMILES string of the molecule is Cl.O=C(Nc1ccc(O)cc1)C1CCN(C(=O)C2CC23CCNCC3)CC1. The Morgan fingerprint density at radius 2 is 1.74 bits per heavy atom. The molecule has 2 amide bonds. The lowest BCUT2D eigenvalue weighted by Crippen LogP contribution is -2.43. The number of aromatic hydroxyl groups is 1. The molecule has 2 saturated heterocycles. The summed E-state index contributed by atoms with van der Waals surface area (Å²) in [5.74, 6) is 0.654. The topological polar surface area (TPSA) is 81.7 Å². The quantitative estimate of drug-likeness (QED) is 0.688. The van der Waals surface area contributed by atoms with Gasteiger partial charge in [0.25, 0.3) is 0 Å². The monoisotopic (exact) mass is 393 g/mol. The molecule has 2 aliphatic heterocycles. The fourth-order valence-electron chi connectivity index (χ4n) is 4.55. The Hall–Kier alpha value is -1.79. The van der Waals surface area contributed by atoms with Crippen molar-refractivity contribution in [3.8, 4) is 5.75 Å². The first-order valence-corrected chi connectivity index (χ1v) is 9.67. The van der Waals surface area contributed by atoms with E-state index in [4.69, 9.17) is 0 Å². The average Bonchev–Trinajstić information content (AvgIpc) is 3.36. The van der Waals surface area contributed by atoms with Crippen molar-refractivity contribution in [2.24, 2.45) is 17.3 Å². The molecule has 27 heavy (non-hydrogen) atoms. The van der Waals surface area contributed by atoms with Gasteiger partial charge in [0.1, 0.15) is 5.75 Å². The predicted molar refractivity (Wildman–Crippen MR) is 106 cm³/mol. The van der Waals surface area contributed by atoms with E-state index in [2.05, 4.69) is 10.6 Å². The van der Waals surface area contributed by atoms with Crippen LogP contribution in [0.3, 0.4) is 0 Å². The molecule has 4 rings (SSSR count). The number of likely N-dealkylation sites (tertiary alicyclic amines) is 1. The zero-order valence-electron chi connectivity index (χ0n) is 15.4. The van der Waals surface area contributed by atoms with Crippen LogP contribution in [0.25, 0.3) is 0 Å². The van der Waals surface area contributed by atoms with Crippen LogP contribution in [0.1, 0.15) is 32.1 Å². The summed E-state index contributed by atoms with van der Waals surface area (Å²) in [5.41, 5.74) is 0.965. The number of carbonyl (C=O) groups excluding carboxylic acids is 2. The summed E-state index contributed by atoms with van der Waals surface area (Å²) >= 11 is 0. The van der Waals surface area contributed by atoms with Gasteiger partial charge in [0, 0.05) is 30.6 Å². The third-order valence-corrected chi connectivity index (χ3v) is 6.40. The highest BCUT2D eigenvalue weighted by molar-refractivity contribution is 5.93. The van der Waals surface area contributed by atoms with E-state index in [0.717, 1.165) is 45.2 Å². The lowest BCUT2D eigenvalue weighted by molar-refractivity contribution is -0.136. The maximum atomic E-state index is 12.8. The molecule has 1 unspecified atom stereocenters. The second-order valence-electron chi connectivity index (χ2n) is 8.00. The van der Waals surface area contributed by atoms with Crippen LogP contribution in [0.5, 0.6) is 5.75 Å². The summed E-state index contributed by atoms with van der Waals surface area (Å²) in [5, 5.41) is 15.6. The average molecular weight is 394 g/mol. The number of hydrogen-bond acceptors (Lipinski definition) is 4. The molecule has 1 saturated carbocycles. The number of rotatable bonds is 3. The van der Waals surface area contributed by atoms with E-state index in [0.29, 0.717) is 24.7 Å². The summed E-state index contributed by atoms with van der Waals surface area (Å²) in [6.45, 7) is 3.42. The molecule has 6 nitrogen and oxygen atoms in total. The van der Waals surface area contributed by atoms with E-state index in [9.17, 15) is 14.7 Å². The van der Waals surface area contributed by atoms with Gasteiger partial charge in [-0.05, 0) is 74.9 Å². The number of piperidine rings is 2. The third-order valence-electron chi connectivity index (χ3n) is 6.40. The Labute approximate surface area is 166 Å². The smallest absolute Gasteiger partial charge is 0.227 e. The first kappa shape index (κ1) is 20.0. The van der Waals surface area contributed by atoms with Gasteiger partial charge in [0.2, 0.25) is 11.8 Å². The van der Waals surface area contributed by atoms with Crippen molar-refractivity contribution in [2.75, 3.05) is 31.5 Å². The first-order valence-electron chi connectivity index (χ1n) is 9.67. The highest BCUT2D eigenvalue weighted by atomic mass is 35.5. The largest absolute Gasteiger partial charge is 0.508 e. The fourth-order valence-corrected chi connectivity index (χ4v) is 4.55. The zero-order chi connectivity index (χ0) is 18.1. The Kier molecular flexibility index (Phi) is 5.96. The van der Waals surface area contributed by atoms with Crippen molar-refractivity contribution in [1.29, 1.82) is 0 Å². The van der Waals surface area contributed by atoms with Gasteiger partial charge in [0.15, 0.2) is 0 Å². The number of carbonyl (C=O) groups is 2. The number of phenolic OH excluding ortho intramolecular Hbond substituents is 1. The molecule has 1 spiro atoms. The highest BCUT2D eigenvalue weighted by Gasteiger charge is 2.58. The number of nitrogens with zero attached hydrogens (tertiary/aromatic N) is 1. The Bertz CT molecular complexity index is 680. The first-order chi connectivity index (χ1) is 12.6. The molecule has 0 aromatic heterocycles. The van der Waals surface area contributed by atoms with Crippen molar-refractivity contribution in [3.63, 3.8) is 0 Å². The van der Waals surface area contributed by atoms with Crippen molar-refractivity contribution in [2.45, 2.75) is 32.1 Å². The standard InChI is InChI=1S/C20H27N3O3.ClH/c24-16-3-1-15(2-4-16)22-18(25)14-5-11-23(12-6-14)19(26)17-13-20(17)7-9-21-10-8-20;/h1-4,14,17,21,24H,5-13H2,(H,22,25);1H. The molecule has 3 N–H and O–H groups in total. The van der Waals surface area contributed by atoms with Crippen LogP contribution in [-0.2, 0) is 9.59 Å². The summed E-state index contributed by atoms with van der Waals surface area (Å²) < 4.78 is 0. The second-order valence-corrected chi connectivity index (χ2v) is 8.00. The van der Waals surface area contributed by atoms with Gasteiger partial charge in [0.05, 0.1) is 0 Å². The zero-order valence-corrected chi connectivity index (χ0v) is 16.3. The number of nitrogens with one attached hydrogen (secondary N) is 2. The molecule has 2 heterocycles. The van der Waals surface area contributed by atoms with Gasteiger partial charge in [-0.25, -0.2) is 0 Å². The maximum Gasteiger partial charge on any atom is 0.227 e. The van der Waals surface area contributed by atoms with Crippen molar-refractivity contribution in [1.82, 2.24) is 10.2 Å². The fraction of sp³-hybridized carbons (Fsp3) is 0.600. The minimum atomic E-state index is -0.0557. The lowest BCUT2D eigenvalue weighted by atomic mass is 9.90. The van der Waals surface area contributed by atoms with E-state index in [1.807, 2.05) is 4.90 Å². The minimum Gasteiger partial charge on any atom is -0.508 e. The number of phenols is 1. The van der Waals surface area contributed by atoms with E-state index in [1.165, 1.54) is 0 Å². The molecular weight excluding hydrogens is 366 g/mol. The van der Waals surface area contributed by atoms with Crippen LogP contribution >= 0.6 is 12.4 Å². The predicted octanol–water partition coefficient (Wildman–Crippen LogP) is 2.38. The molecule has 1 aromatic carbocycles. The summed E-state index contributed by atoms with van der Waals surface area (Å²) in [7, 11) is 0. The molecule has 1 aromatic rings. The Morgan fingerprint density at radius 1 is 1.11 bits per heavy atom. The maximum absolute atomic E-state index is 12.8. The number of benzene rings is 1. The third kappa shape index (κ3) is 4.22. The summed E-state index contributed by atoms with van der Waals surface area (Å²) in [4.78, 5) is 27.2. The Balaban J connectivity index is 0.00000210. The van der Waals surface area contributed by atoms with Gasteiger partial charge < -0.3 is 20.6 Å². The van der Waals surface area contributed by atoms with Gasteiger partial charge in [-0.15, -0.1) is 12.4 Å². The van der Waals surface area contributed by atoms with Gasteiger partial charge in [-0.1, -0.05) is 0 Å². The number of amides is 2. The van der Waals surface area contributed by atoms with Gasteiger partial charge in [-0.3, -0.25) is 9.59 Å². The van der Waals surface area contributed by atoms with Crippen LogP contribution in [0, 0.1) is 17.3 Å². The van der Waals surface area contributed by atoms with Crippen LogP contribution in [-0.4, -0.2) is 48.0 Å². The van der Waals surface area contributed by atoms with Crippen molar-refractivity contribution < 1.29 is 14.7 Å². The van der Waals surface area contributed by atoms with Crippen molar-refractivity contribution in [3.05, 3.63) is 24.3 Å². The normalized spacial score (nSPS) is 24.1. The number of anilines is 1. The lowest BCUT2D eigenvalue weighted by Gasteiger charge is -2.32. The van der Waals surface area contributed by atoms with Gasteiger partial charge >= 0.3 is 0 Å². The van der Waals surface area contributed by atoms with Crippen LogP contribution in [0.4, 0.5) is 5.69 Å². The number of hydrogen-bond donors (Lipinski definition) is 3. The highest BCUT2D eigenvalue weighted by Crippen LogP contribution is 2.59. The molecule has 1 aliphatic carbocycles. The van der Waals surface area contributed by atoms with E-state index in [-0.39, 0.29) is 41.3 Å². The van der Waals surface area contributed by atoms with Gasteiger partial charge in [-0.2, -0.15) is 0 Å². The van der Waals surface area contributed by atoms with E-state index in [1.54, 1.807) is 24.3 Å². The summed E-state index contributed by atoms with van der Waals surface area (Å²) in [6.07, 6.45) is 4.73. The van der Waals surface area contributed by atoms with Crippen LogP contribution in [0.2, 0.25) is 0 Å². The summed E-state index contributed by atoms with van der Waals surface area (Å²) in [6, 6.07) is 6.50. The van der Waals surface area contributed by atoms with E-state index < -0.39 is 0 Å². The molecular formula is C20H28ClN3O3. The second kappa shape index (κ2) is 8.07. The van der Waals surface area contributed by atoms with E-state index >= 15 is 0 Å². The van der Waals surface area contributed by atoms with Crippen LogP contribution in [0.15, 0.2) is 24.3 Å². The molecule has 3 fully saturated rings. The molecule has 7 heteroatoms. The molecule has 1 atom stereocenters. The number of halogens is 1. The van der Waals surface area contributed by atoms with Crippen molar-refractivity contribution >= 4 is 29.9 Å². The Morgan fingerprint density at radius 3 is 2.37 bits per heavy atom. The van der Waals surface area contributed by atoms with Crippen LogP contribution < -0.4 is 10.6 Å². The molecule has 3 aliphatic rings. The molecule has 0 radical (unpaired) electrons. The molecule has 0 bridgehead atoms. The minimum absolute atomic E-state index is 0. The molecule has 148 valence electrons.